The van der Waals surface area contributed by atoms with E-state index in [1.54, 1.807) is 13.0 Å². The molecule has 1 saturated heterocycles. The fourth-order valence-corrected chi connectivity index (χ4v) is 4.50. The van der Waals surface area contributed by atoms with E-state index in [-0.39, 0.29) is 23.4 Å². The summed E-state index contributed by atoms with van der Waals surface area (Å²) in [5.41, 5.74) is 2.79. The number of nitrogens with one attached hydrogen (secondary N) is 1. The molecule has 2 aromatic rings. The number of aromatic nitrogens is 2. The third-order valence-electron chi connectivity index (χ3n) is 6.23. The van der Waals surface area contributed by atoms with Crippen molar-refractivity contribution in [2.45, 2.75) is 60.2 Å². The topological polar surface area (TPSA) is 98.7 Å². The average Bonchev–Trinajstić information content (AvgIpc) is 2.70. The summed E-state index contributed by atoms with van der Waals surface area (Å²) < 4.78 is 0. The molecule has 1 aromatic carbocycles. The minimum Gasteiger partial charge on any atom is -0.465 e. The largest absolute Gasteiger partial charge is 0.465 e. The van der Waals surface area contributed by atoms with Gasteiger partial charge in [0.2, 0.25) is 0 Å². The minimum atomic E-state index is -0.888. The van der Waals surface area contributed by atoms with Gasteiger partial charge in [0.05, 0.1) is 5.56 Å². The Labute approximate surface area is 200 Å². The number of hydrogen-bond acceptors (Lipinski definition) is 5. The summed E-state index contributed by atoms with van der Waals surface area (Å²) in [4.78, 5) is 36.4. The summed E-state index contributed by atoms with van der Waals surface area (Å²) in [6.45, 7) is 13.7. The van der Waals surface area contributed by atoms with Gasteiger partial charge in [0.15, 0.2) is 0 Å². The van der Waals surface area contributed by atoms with Crippen LogP contribution in [0.4, 0.5) is 10.5 Å². The maximum Gasteiger partial charge on any atom is 0.407 e. The first-order chi connectivity index (χ1) is 15.4. The molecule has 2 unspecified atom stereocenters. The maximum absolute atomic E-state index is 12.7. The molecule has 1 aliphatic heterocycles. The fourth-order valence-electron chi connectivity index (χ4n) is 4.26. The van der Waals surface area contributed by atoms with Gasteiger partial charge in [0.1, 0.15) is 5.82 Å². The van der Waals surface area contributed by atoms with Crippen molar-refractivity contribution in [3.63, 3.8) is 0 Å². The van der Waals surface area contributed by atoms with E-state index in [4.69, 9.17) is 11.6 Å². The van der Waals surface area contributed by atoms with Crippen LogP contribution in [0, 0.1) is 19.3 Å². The molecule has 2 amide bonds. The number of rotatable bonds is 4. The fraction of sp³-hybridized carbons (Fsp3) is 0.500. The molecule has 0 saturated carbocycles. The van der Waals surface area contributed by atoms with E-state index in [0.29, 0.717) is 41.7 Å². The molecular weight excluding hydrogens is 442 g/mol. The third kappa shape index (κ3) is 5.81. The summed E-state index contributed by atoms with van der Waals surface area (Å²) in [6.07, 6.45) is 2.10. The van der Waals surface area contributed by atoms with Gasteiger partial charge in [0.25, 0.3) is 5.91 Å². The van der Waals surface area contributed by atoms with E-state index < -0.39 is 6.09 Å². The second-order valence-corrected chi connectivity index (χ2v) is 10.2. The smallest absolute Gasteiger partial charge is 0.407 e. The monoisotopic (exact) mass is 473 g/mol. The van der Waals surface area contributed by atoms with Crippen LogP contribution >= 0.6 is 11.6 Å². The van der Waals surface area contributed by atoms with Crippen molar-refractivity contribution < 1.29 is 14.7 Å². The zero-order valence-electron chi connectivity index (χ0n) is 20.0. The van der Waals surface area contributed by atoms with Crippen molar-refractivity contribution in [1.82, 2.24) is 19.8 Å². The van der Waals surface area contributed by atoms with Crippen molar-refractivity contribution in [3.05, 3.63) is 52.1 Å². The van der Waals surface area contributed by atoms with Crippen LogP contribution in [0.2, 0.25) is 5.02 Å². The molecule has 8 nitrogen and oxygen atoms in total. The lowest BCUT2D eigenvalue weighted by molar-refractivity contribution is -0.00958. The lowest BCUT2D eigenvalue weighted by Gasteiger charge is -2.49. The van der Waals surface area contributed by atoms with Crippen molar-refractivity contribution in [1.29, 1.82) is 0 Å². The van der Waals surface area contributed by atoms with E-state index in [2.05, 4.69) is 41.0 Å². The van der Waals surface area contributed by atoms with E-state index in [1.807, 2.05) is 19.9 Å². The van der Waals surface area contributed by atoms with Crippen LogP contribution in [0.15, 0.2) is 24.5 Å². The quantitative estimate of drug-likeness (QED) is 0.673. The number of carboxylic acid groups (broad SMARTS) is 1. The molecular formula is C24H32ClN5O3. The third-order valence-corrected chi connectivity index (χ3v) is 6.45. The summed E-state index contributed by atoms with van der Waals surface area (Å²) in [6, 6.07) is 3.56. The van der Waals surface area contributed by atoms with Crippen LogP contribution in [0.3, 0.4) is 0 Å². The molecule has 0 spiro atoms. The number of carbonyl (C=O) groups is 2. The van der Waals surface area contributed by atoms with Gasteiger partial charge >= 0.3 is 6.09 Å². The van der Waals surface area contributed by atoms with Crippen LogP contribution < -0.4 is 5.32 Å². The minimum absolute atomic E-state index is 0.0333. The normalized spacial score (nSPS) is 19.4. The first-order valence-corrected chi connectivity index (χ1v) is 11.4. The molecule has 33 heavy (non-hydrogen) atoms. The van der Waals surface area contributed by atoms with E-state index in [9.17, 15) is 14.7 Å². The Hall–Kier alpha value is -2.71. The molecule has 1 aliphatic rings. The predicted octanol–water partition coefficient (Wildman–Crippen LogP) is 4.60. The van der Waals surface area contributed by atoms with Crippen LogP contribution in [0.1, 0.15) is 55.0 Å². The number of benzene rings is 1. The van der Waals surface area contributed by atoms with Gasteiger partial charge in [-0.1, -0.05) is 32.4 Å². The SMILES string of the molecule is Cc1ncc(C(=O)Nc2cc(Cl)cc(CN3CC(C)N(C(=O)O)CC3C(C)(C)C)c2C)cn1. The summed E-state index contributed by atoms with van der Waals surface area (Å²) >= 11 is 6.43. The number of amides is 2. The molecule has 3 rings (SSSR count). The molecule has 2 atom stereocenters. The Morgan fingerprint density at radius 3 is 2.39 bits per heavy atom. The molecule has 0 radical (unpaired) electrons. The molecule has 1 fully saturated rings. The predicted molar refractivity (Wildman–Crippen MR) is 129 cm³/mol. The molecule has 178 valence electrons. The zero-order chi connectivity index (χ0) is 24.5. The first kappa shape index (κ1) is 24.9. The lowest BCUT2D eigenvalue weighted by atomic mass is 9.83. The number of nitrogens with zero attached hydrogens (tertiary/aromatic N) is 4. The first-order valence-electron chi connectivity index (χ1n) is 11.0. The molecule has 2 heterocycles. The van der Waals surface area contributed by atoms with E-state index in [1.165, 1.54) is 17.3 Å². The average molecular weight is 474 g/mol. The Morgan fingerprint density at radius 2 is 1.82 bits per heavy atom. The molecule has 0 aliphatic carbocycles. The molecule has 9 heteroatoms. The van der Waals surface area contributed by atoms with E-state index >= 15 is 0 Å². The number of piperazine rings is 1. The number of aryl methyl sites for hydroxylation is 1. The second kappa shape index (κ2) is 9.65. The van der Waals surface area contributed by atoms with Gasteiger partial charge in [-0.2, -0.15) is 0 Å². The Kier molecular flexibility index (Phi) is 7.29. The van der Waals surface area contributed by atoms with Gasteiger partial charge in [0, 0.05) is 54.8 Å². The van der Waals surface area contributed by atoms with Crippen molar-refractivity contribution in [2.75, 3.05) is 18.4 Å². The zero-order valence-corrected chi connectivity index (χ0v) is 20.8. The molecule has 0 bridgehead atoms. The highest BCUT2D eigenvalue weighted by Crippen LogP contribution is 2.33. The van der Waals surface area contributed by atoms with Crippen molar-refractivity contribution in [3.8, 4) is 0 Å². The van der Waals surface area contributed by atoms with Crippen molar-refractivity contribution >= 4 is 29.3 Å². The summed E-state index contributed by atoms with van der Waals surface area (Å²) in [7, 11) is 0. The Morgan fingerprint density at radius 1 is 1.18 bits per heavy atom. The number of anilines is 1. The molecule has 2 N–H and O–H groups in total. The van der Waals surface area contributed by atoms with Gasteiger partial charge in [-0.05, 0) is 49.4 Å². The van der Waals surface area contributed by atoms with Gasteiger partial charge in [-0.15, -0.1) is 0 Å². The Balaban J connectivity index is 1.87. The lowest BCUT2D eigenvalue weighted by Crippen LogP contribution is -2.61. The van der Waals surface area contributed by atoms with Crippen LogP contribution in [0.25, 0.3) is 0 Å². The number of halogens is 1. The van der Waals surface area contributed by atoms with Crippen LogP contribution in [-0.2, 0) is 6.54 Å². The van der Waals surface area contributed by atoms with Crippen LogP contribution in [-0.4, -0.2) is 62.0 Å². The standard InChI is InChI=1S/C24H32ClN5O3/c1-14-11-29(21(24(4,5)6)13-30(14)23(32)33)12-17-7-19(25)8-20(15(17)2)28-22(31)18-9-26-16(3)27-10-18/h7-10,14,21H,11-13H2,1-6H3,(H,28,31)(H,32,33). The second-order valence-electron chi connectivity index (χ2n) is 9.81. The maximum atomic E-state index is 12.7. The van der Waals surface area contributed by atoms with Gasteiger partial charge in [-0.3, -0.25) is 9.69 Å². The number of hydrogen-bond donors (Lipinski definition) is 2. The van der Waals surface area contributed by atoms with Gasteiger partial charge < -0.3 is 15.3 Å². The highest BCUT2D eigenvalue weighted by Gasteiger charge is 2.40. The van der Waals surface area contributed by atoms with Crippen LogP contribution in [0.5, 0.6) is 0 Å². The molecule has 1 aromatic heterocycles. The van der Waals surface area contributed by atoms with Gasteiger partial charge in [-0.25, -0.2) is 14.8 Å². The highest BCUT2D eigenvalue weighted by molar-refractivity contribution is 6.31. The Bertz CT molecular complexity index is 1040. The summed E-state index contributed by atoms with van der Waals surface area (Å²) in [5, 5.41) is 13.1. The van der Waals surface area contributed by atoms with E-state index in [0.717, 1.165) is 11.1 Å². The highest BCUT2D eigenvalue weighted by atomic mass is 35.5. The summed E-state index contributed by atoms with van der Waals surface area (Å²) in [5.74, 6) is 0.293. The van der Waals surface area contributed by atoms with Crippen molar-refractivity contribution in [2.24, 2.45) is 5.41 Å². The number of carbonyl (C=O) groups excluding carboxylic acids is 1.